The normalized spacial score (nSPS) is 20.8. The first kappa shape index (κ1) is 16.7. The predicted octanol–water partition coefficient (Wildman–Crippen LogP) is 3.05. The maximum Gasteiger partial charge on any atom is 0.325 e. The molecule has 2 aromatic carbocycles. The molecule has 140 valence electrons. The van der Waals surface area contributed by atoms with E-state index in [1.165, 1.54) is 0 Å². The molecule has 3 amide bonds. The maximum absolute atomic E-state index is 13.2. The standard InChI is InChI=1S/C22H19N3O3/c1-13-19(15-7-3-5-9-17(15)23-13)18(26)12-25-20(27)22(24-21(25)28)11-10-14-6-2-4-8-16(14)22/h2-9,23H,10-12H2,1H3,(H,24,28). The third-order valence-corrected chi connectivity index (χ3v) is 5.90. The smallest absolute Gasteiger partial charge is 0.325 e. The fourth-order valence-electron chi connectivity index (χ4n) is 4.59. The predicted molar refractivity (Wildman–Crippen MR) is 104 cm³/mol. The summed E-state index contributed by atoms with van der Waals surface area (Å²) in [4.78, 5) is 43.2. The van der Waals surface area contributed by atoms with Crippen molar-refractivity contribution in [2.75, 3.05) is 6.54 Å². The van der Waals surface area contributed by atoms with Crippen LogP contribution in [-0.4, -0.2) is 34.2 Å². The summed E-state index contributed by atoms with van der Waals surface area (Å²) in [7, 11) is 0. The first-order chi connectivity index (χ1) is 13.5. The van der Waals surface area contributed by atoms with E-state index in [9.17, 15) is 14.4 Å². The van der Waals surface area contributed by atoms with Crippen molar-refractivity contribution >= 4 is 28.6 Å². The quantitative estimate of drug-likeness (QED) is 0.547. The van der Waals surface area contributed by atoms with E-state index in [0.29, 0.717) is 12.0 Å². The number of carbonyl (C=O) groups is 3. The van der Waals surface area contributed by atoms with Crippen molar-refractivity contribution in [2.24, 2.45) is 0 Å². The van der Waals surface area contributed by atoms with E-state index in [1.54, 1.807) is 0 Å². The van der Waals surface area contributed by atoms with Crippen LogP contribution in [0.25, 0.3) is 10.9 Å². The molecule has 5 rings (SSSR count). The Morgan fingerprint density at radius 3 is 2.71 bits per heavy atom. The average molecular weight is 373 g/mol. The van der Waals surface area contributed by atoms with Crippen LogP contribution in [0.2, 0.25) is 0 Å². The lowest BCUT2D eigenvalue weighted by molar-refractivity contribution is -0.131. The van der Waals surface area contributed by atoms with Crippen LogP contribution in [0.5, 0.6) is 0 Å². The van der Waals surface area contributed by atoms with Crippen molar-refractivity contribution in [3.63, 3.8) is 0 Å². The monoisotopic (exact) mass is 373 g/mol. The number of nitrogens with one attached hydrogen (secondary N) is 2. The van der Waals surface area contributed by atoms with Gasteiger partial charge < -0.3 is 10.3 Å². The van der Waals surface area contributed by atoms with Crippen molar-refractivity contribution in [1.29, 1.82) is 0 Å². The zero-order chi connectivity index (χ0) is 19.5. The fourth-order valence-corrected chi connectivity index (χ4v) is 4.59. The Hall–Kier alpha value is -3.41. The second kappa shape index (κ2) is 5.79. The minimum atomic E-state index is -1.04. The molecule has 1 aliphatic heterocycles. The molecule has 6 heteroatoms. The highest BCUT2D eigenvalue weighted by Crippen LogP contribution is 2.41. The van der Waals surface area contributed by atoms with Crippen LogP contribution < -0.4 is 5.32 Å². The number of amides is 3. The van der Waals surface area contributed by atoms with Gasteiger partial charge in [0.05, 0.1) is 6.54 Å². The molecule has 1 unspecified atom stereocenters. The Morgan fingerprint density at radius 2 is 1.86 bits per heavy atom. The fraction of sp³-hybridized carbons (Fsp3) is 0.227. The van der Waals surface area contributed by atoms with Crippen LogP contribution in [0.3, 0.4) is 0 Å². The Kier molecular flexibility index (Phi) is 3.46. The maximum atomic E-state index is 13.2. The Morgan fingerprint density at radius 1 is 1.11 bits per heavy atom. The number of benzene rings is 2. The number of carbonyl (C=O) groups excluding carboxylic acids is 3. The third-order valence-electron chi connectivity index (χ3n) is 5.90. The van der Waals surface area contributed by atoms with Crippen molar-refractivity contribution in [1.82, 2.24) is 15.2 Å². The molecule has 28 heavy (non-hydrogen) atoms. The number of rotatable bonds is 3. The van der Waals surface area contributed by atoms with Crippen LogP contribution in [0.4, 0.5) is 4.79 Å². The van der Waals surface area contributed by atoms with E-state index in [0.717, 1.165) is 39.0 Å². The van der Waals surface area contributed by atoms with Crippen LogP contribution >= 0.6 is 0 Å². The summed E-state index contributed by atoms with van der Waals surface area (Å²) in [6.45, 7) is 1.56. The topological polar surface area (TPSA) is 82.3 Å². The number of hydrogen-bond donors (Lipinski definition) is 2. The number of hydrogen-bond acceptors (Lipinski definition) is 3. The highest BCUT2D eigenvalue weighted by atomic mass is 16.2. The molecule has 1 spiro atoms. The molecular weight excluding hydrogens is 354 g/mol. The molecule has 1 aromatic heterocycles. The molecule has 0 saturated carbocycles. The molecule has 6 nitrogen and oxygen atoms in total. The number of para-hydroxylation sites is 1. The van der Waals surface area contributed by atoms with Gasteiger partial charge in [0.15, 0.2) is 5.78 Å². The number of fused-ring (bicyclic) bond motifs is 3. The molecule has 1 atom stereocenters. The van der Waals surface area contributed by atoms with Gasteiger partial charge in [0.1, 0.15) is 5.54 Å². The van der Waals surface area contributed by atoms with Crippen LogP contribution in [0, 0.1) is 6.92 Å². The second-order valence-electron chi connectivity index (χ2n) is 7.48. The van der Waals surface area contributed by atoms with Crippen LogP contribution in [0.15, 0.2) is 48.5 Å². The Labute approximate surface area is 161 Å². The zero-order valence-corrected chi connectivity index (χ0v) is 15.4. The molecule has 2 N–H and O–H groups in total. The van der Waals surface area contributed by atoms with Gasteiger partial charge in [-0.05, 0) is 37.0 Å². The Balaban J connectivity index is 1.48. The van der Waals surface area contributed by atoms with E-state index in [-0.39, 0.29) is 18.2 Å². The van der Waals surface area contributed by atoms with E-state index < -0.39 is 11.6 Å². The van der Waals surface area contributed by atoms with Gasteiger partial charge in [-0.3, -0.25) is 14.5 Å². The van der Waals surface area contributed by atoms with Gasteiger partial charge >= 0.3 is 6.03 Å². The SMILES string of the molecule is Cc1[nH]c2ccccc2c1C(=O)CN1C(=O)NC2(CCc3ccccc32)C1=O. The summed E-state index contributed by atoms with van der Waals surface area (Å²) < 4.78 is 0. The second-order valence-corrected chi connectivity index (χ2v) is 7.48. The molecule has 2 heterocycles. The molecule has 1 saturated heterocycles. The van der Waals surface area contributed by atoms with Gasteiger partial charge in [-0.15, -0.1) is 0 Å². The van der Waals surface area contributed by atoms with Crippen LogP contribution in [-0.2, 0) is 16.8 Å². The average Bonchev–Trinajstić information content (AvgIpc) is 3.30. The number of Topliss-reactive ketones (excluding diaryl/α,β-unsaturated/α-hetero) is 1. The molecular formula is C22H19N3O3. The van der Waals surface area contributed by atoms with Gasteiger partial charge in [-0.25, -0.2) is 4.79 Å². The van der Waals surface area contributed by atoms with E-state index >= 15 is 0 Å². The van der Waals surface area contributed by atoms with Gasteiger partial charge in [-0.1, -0.05) is 42.5 Å². The first-order valence-corrected chi connectivity index (χ1v) is 9.34. The van der Waals surface area contributed by atoms with Gasteiger partial charge in [0, 0.05) is 22.2 Å². The van der Waals surface area contributed by atoms with E-state index in [2.05, 4.69) is 10.3 Å². The number of urea groups is 1. The lowest BCUT2D eigenvalue weighted by Crippen LogP contribution is -2.42. The molecule has 2 aliphatic rings. The van der Waals surface area contributed by atoms with Crippen molar-refractivity contribution in [3.05, 3.63) is 70.9 Å². The number of ketones is 1. The van der Waals surface area contributed by atoms with Crippen LogP contribution in [0.1, 0.15) is 33.6 Å². The summed E-state index contributed by atoms with van der Waals surface area (Å²) >= 11 is 0. The lowest BCUT2D eigenvalue weighted by atomic mass is 9.92. The molecule has 1 fully saturated rings. The van der Waals surface area contributed by atoms with Gasteiger partial charge in [0.2, 0.25) is 0 Å². The summed E-state index contributed by atoms with van der Waals surface area (Å²) in [5.41, 5.74) is 3.00. The molecule has 3 aromatic rings. The van der Waals surface area contributed by atoms with E-state index in [4.69, 9.17) is 0 Å². The third kappa shape index (κ3) is 2.17. The molecule has 0 bridgehead atoms. The largest absolute Gasteiger partial charge is 0.358 e. The lowest BCUT2D eigenvalue weighted by Gasteiger charge is -2.22. The van der Waals surface area contributed by atoms with E-state index in [1.807, 2.05) is 55.5 Å². The number of aryl methyl sites for hydroxylation is 2. The van der Waals surface area contributed by atoms with Crippen molar-refractivity contribution in [2.45, 2.75) is 25.3 Å². The van der Waals surface area contributed by atoms with Crippen molar-refractivity contribution < 1.29 is 14.4 Å². The minimum absolute atomic E-state index is 0.248. The zero-order valence-electron chi connectivity index (χ0n) is 15.4. The number of nitrogens with zero attached hydrogens (tertiary/aromatic N) is 1. The number of H-pyrrole nitrogens is 1. The highest BCUT2D eigenvalue weighted by molar-refractivity contribution is 6.15. The molecule has 0 radical (unpaired) electrons. The number of imide groups is 1. The number of aromatic nitrogens is 1. The summed E-state index contributed by atoms with van der Waals surface area (Å²) in [5, 5.41) is 3.67. The summed E-state index contributed by atoms with van der Waals surface area (Å²) in [5.74, 6) is -0.588. The first-order valence-electron chi connectivity index (χ1n) is 9.34. The highest BCUT2D eigenvalue weighted by Gasteiger charge is 2.55. The Bertz CT molecular complexity index is 1160. The molecule has 1 aliphatic carbocycles. The van der Waals surface area contributed by atoms with Crippen molar-refractivity contribution in [3.8, 4) is 0 Å². The summed E-state index contributed by atoms with van der Waals surface area (Å²) in [6.07, 6.45) is 1.25. The van der Waals surface area contributed by atoms with Gasteiger partial charge in [0.25, 0.3) is 5.91 Å². The minimum Gasteiger partial charge on any atom is -0.358 e. The van der Waals surface area contributed by atoms with Gasteiger partial charge in [-0.2, -0.15) is 0 Å². The summed E-state index contributed by atoms with van der Waals surface area (Å²) in [6, 6.07) is 14.7. The number of aromatic amines is 1.